The van der Waals surface area contributed by atoms with Gasteiger partial charge in [0, 0.05) is 0 Å². The third kappa shape index (κ3) is 1.82. The van der Waals surface area contributed by atoms with E-state index in [1.807, 2.05) is 0 Å². The van der Waals surface area contributed by atoms with Crippen molar-refractivity contribution in [3.05, 3.63) is 0 Å². The van der Waals surface area contributed by atoms with Crippen LogP contribution in [0.2, 0.25) is 0 Å². The third-order valence-electron chi connectivity index (χ3n) is 3.57. The van der Waals surface area contributed by atoms with E-state index in [2.05, 4.69) is 12.2 Å². The molecule has 0 bridgehead atoms. The Morgan fingerprint density at radius 2 is 2.17 bits per heavy atom. The number of hydrogen-bond donors (Lipinski definition) is 1. The summed E-state index contributed by atoms with van der Waals surface area (Å²) in [5, 5.41) is 3.53. The summed E-state index contributed by atoms with van der Waals surface area (Å²) >= 11 is 0. The van der Waals surface area contributed by atoms with Crippen molar-refractivity contribution in [2.75, 3.05) is 13.1 Å². The first-order chi connectivity index (χ1) is 5.92. The second kappa shape index (κ2) is 3.78. The fourth-order valence-corrected chi connectivity index (χ4v) is 2.42. The van der Waals surface area contributed by atoms with E-state index in [-0.39, 0.29) is 0 Å². The van der Waals surface area contributed by atoms with Crippen LogP contribution in [0.1, 0.15) is 39.0 Å². The van der Waals surface area contributed by atoms with Gasteiger partial charge in [0.15, 0.2) is 0 Å². The second-order valence-electron chi connectivity index (χ2n) is 4.55. The van der Waals surface area contributed by atoms with Gasteiger partial charge < -0.3 is 5.32 Å². The zero-order valence-corrected chi connectivity index (χ0v) is 8.18. The zero-order valence-electron chi connectivity index (χ0n) is 8.18. The lowest BCUT2D eigenvalue weighted by atomic mass is 9.81. The highest BCUT2D eigenvalue weighted by Crippen LogP contribution is 2.51. The second-order valence-corrected chi connectivity index (χ2v) is 4.55. The molecule has 2 atom stereocenters. The highest BCUT2D eigenvalue weighted by atomic mass is 14.9. The molecule has 2 aliphatic rings. The standard InChI is InChI=1S/C11H21N/c1-2-6-12-8-10-7-11(10)9-4-3-5-9/h9-12H,2-8H2,1H3. The van der Waals surface area contributed by atoms with Crippen LogP contribution in [-0.4, -0.2) is 13.1 Å². The van der Waals surface area contributed by atoms with Gasteiger partial charge in [-0.3, -0.25) is 0 Å². The van der Waals surface area contributed by atoms with Crippen LogP contribution in [0.5, 0.6) is 0 Å². The maximum atomic E-state index is 3.53. The Morgan fingerprint density at radius 3 is 2.75 bits per heavy atom. The van der Waals surface area contributed by atoms with Crippen molar-refractivity contribution in [2.24, 2.45) is 17.8 Å². The fourth-order valence-electron chi connectivity index (χ4n) is 2.42. The molecule has 0 saturated heterocycles. The maximum Gasteiger partial charge on any atom is -0.00177 e. The molecule has 12 heavy (non-hydrogen) atoms. The molecule has 2 unspecified atom stereocenters. The van der Waals surface area contributed by atoms with Gasteiger partial charge in [0.1, 0.15) is 0 Å². The summed E-state index contributed by atoms with van der Waals surface area (Å²) in [7, 11) is 0. The minimum atomic E-state index is 1.06. The topological polar surface area (TPSA) is 12.0 Å². The van der Waals surface area contributed by atoms with Gasteiger partial charge in [-0.15, -0.1) is 0 Å². The SMILES string of the molecule is CCCNCC1CC1C1CCC1. The van der Waals surface area contributed by atoms with Gasteiger partial charge in [0.05, 0.1) is 0 Å². The molecular formula is C11H21N. The molecule has 1 heteroatoms. The van der Waals surface area contributed by atoms with Gasteiger partial charge in [-0.25, -0.2) is 0 Å². The first kappa shape index (κ1) is 8.55. The van der Waals surface area contributed by atoms with E-state index in [4.69, 9.17) is 0 Å². The van der Waals surface area contributed by atoms with Gasteiger partial charge in [-0.2, -0.15) is 0 Å². The highest BCUT2D eigenvalue weighted by molar-refractivity contribution is 4.95. The van der Waals surface area contributed by atoms with E-state index in [1.165, 1.54) is 45.2 Å². The molecule has 2 aliphatic carbocycles. The largest absolute Gasteiger partial charge is 0.316 e. The van der Waals surface area contributed by atoms with Crippen molar-refractivity contribution >= 4 is 0 Å². The smallest absolute Gasteiger partial charge is 0.00177 e. The first-order valence-electron chi connectivity index (χ1n) is 5.62. The molecule has 0 heterocycles. The average Bonchev–Trinajstić information content (AvgIpc) is 2.66. The van der Waals surface area contributed by atoms with E-state index in [1.54, 1.807) is 0 Å². The van der Waals surface area contributed by atoms with Crippen molar-refractivity contribution < 1.29 is 0 Å². The molecule has 2 fully saturated rings. The third-order valence-corrected chi connectivity index (χ3v) is 3.57. The summed E-state index contributed by atoms with van der Waals surface area (Å²) in [5.74, 6) is 3.32. The van der Waals surface area contributed by atoms with Crippen LogP contribution < -0.4 is 5.32 Å². The van der Waals surface area contributed by atoms with Crippen molar-refractivity contribution in [2.45, 2.75) is 39.0 Å². The number of nitrogens with one attached hydrogen (secondary N) is 1. The lowest BCUT2D eigenvalue weighted by Crippen LogP contribution is -2.21. The monoisotopic (exact) mass is 167 g/mol. The van der Waals surface area contributed by atoms with E-state index in [0.717, 1.165) is 17.8 Å². The van der Waals surface area contributed by atoms with Crippen molar-refractivity contribution in [3.8, 4) is 0 Å². The quantitative estimate of drug-likeness (QED) is 0.620. The van der Waals surface area contributed by atoms with Crippen LogP contribution >= 0.6 is 0 Å². The van der Waals surface area contributed by atoms with Crippen LogP contribution in [-0.2, 0) is 0 Å². The van der Waals surface area contributed by atoms with Gasteiger partial charge in [0.2, 0.25) is 0 Å². The van der Waals surface area contributed by atoms with Crippen molar-refractivity contribution in [1.29, 1.82) is 0 Å². The summed E-state index contributed by atoms with van der Waals surface area (Å²) in [6.45, 7) is 4.76. The fraction of sp³-hybridized carbons (Fsp3) is 1.00. The molecule has 0 aliphatic heterocycles. The molecule has 0 aromatic rings. The van der Waals surface area contributed by atoms with Crippen LogP contribution in [0.4, 0.5) is 0 Å². The Kier molecular flexibility index (Phi) is 2.69. The molecule has 2 saturated carbocycles. The van der Waals surface area contributed by atoms with Gasteiger partial charge >= 0.3 is 0 Å². The average molecular weight is 167 g/mol. The van der Waals surface area contributed by atoms with Crippen LogP contribution in [0.15, 0.2) is 0 Å². The Hall–Kier alpha value is -0.0400. The molecule has 0 aromatic heterocycles. The van der Waals surface area contributed by atoms with Crippen LogP contribution in [0.3, 0.4) is 0 Å². The molecule has 0 spiro atoms. The first-order valence-corrected chi connectivity index (χ1v) is 5.62. The Labute approximate surface area is 75.9 Å². The summed E-state index contributed by atoms with van der Waals surface area (Å²) in [5.41, 5.74) is 0. The Morgan fingerprint density at radius 1 is 1.33 bits per heavy atom. The predicted octanol–water partition coefficient (Wildman–Crippen LogP) is 2.42. The maximum absolute atomic E-state index is 3.53. The minimum absolute atomic E-state index is 1.06. The number of rotatable bonds is 5. The van der Waals surface area contributed by atoms with Crippen LogP contribution in [0, 0.1) is 17.8 Å². The molecule has 0 amide bonds. The summed E-state index contributed by atoms with van der Waals surface area (Å²) < 4.78 is 0. The molecule has 0 aromatic carbocycles. The summed E-state index contributed by atoms with van der Waals surface area (Å²) in [4.78, 5) is 0. The number of hydrogen-bond acceptors (Lipinski definition) is 1. The van der Waals surface area contributed by atoms with Gasteiger partial charge in [-0.05, 0) is 43.7 Å². The van der Waals surface area contributed by atoms with E-state index >= 15 is 0 Å². The molecule has 70 valence electrons. The zero-order chi connectivity index (χ0) is 8.39. The molecule has 0 radical (unpaired) electrons. The Bertz CT molecular complexity index is 140. The molecule has 1 nitrogen and oxygen atoms in total. The van der Waals surface area contributed by atoms with Crippen LogP contribution in [0.25, 0.3) is 0 Å². The summed E-state index contributed by atoms with van der Waals surface area (Å²) in [6.07, 6.45) is 7.39. The van der Waals surface area contributed by atoms with Crippen molar-refractivity contribution in [1.82, 2.24) is 5.32 Å². The van der Waals surface area contributed by atoms with Crippen molar-refractivity contribution in [3.63, 3.8) is 0 Å². The van der Waals surface area contributed by atoms with E-state index in [0.29, 0.717) is 0 Å². The predicted molar refractivity (Wildman–Crippen MR) is 52.1 cm³/mol. The van der Waals surface area contributed by atoms with Gasteiger partial charge in [-0.1, -0.05) is 26.2 Å². The highest BCUT2D eigenvalue weighted by Gasteiger charge is 2.43. The minimum Gasteiger partial charge on any atom is -0.316 e. The Balaban J connectivity index is 1.54. The van der Waals surface area contributed by atoms with E-state index in [9.17, 15) is 0 Å². The molecular weight excluding hydrogens is 146 g/mol. The summed E-state index contributed by atoms with van der Waals surface area (Å²) in [6, 6.07) is 0. The normalized spacial score (nSPS) is 34.8. The lowest BCUT2D eigenvalue weighted by Gasteiger charge is -2.25. The van der Waals surface area contributed by atoms with Gasteiger partial charge in [0.25, 0.3) is 0 Å². The molecule has 1 N–H and O–H groups in total. The lowest BCUT2D eigenvalue weighted by molar-refractivity contribution is 0.264. The molecule has 2 rings (SSSR count). The van der Waals surface area contributed by atoms with E-state index < -0.39 is 0 Å².